The van der Waals surface area contributed by atoms with Gasteiger partial charge in [-0.2, -0.15) is 0 Å². The molecule has 4 rings (SSSR count). The van der Waals surface area contributed by atoms with Crippen molar-refractivity contribution in [3.8, 4) is 11.8 Å². The van der Waals surface area contributed by atoms with Crippen LogP contribution in [0.15, 0.2) is 139 Å². The van der Waals surface area contributed by atoms with Crippen LogP contribution in [0.4, 0.5) is 0 Å². The minimum atomic E-state index is 0.776. The van der Waals surface area contributed by atoms with E-state index in [-0.39, 0.29) is 0 Å². The second-order valence-electron chi connectivity index (χ2n) is 7.97. The molecule has 0 heteroatoms. The molecule has 0 saturated heterocycles. The highest BCUT2D eigenvalue weighted by molar-refractivity contribution is 5.75. The van der Waals surface area contributed by atoms with E-state index in [1.807, 2.05) is 30.3 Å². The fraction of sp³-hybridized carbons (Fsp3) is 0.0588. The Morgan fingerprint density at radius 1 is 0.529 bits per heavy atom. The van der Waals surface area contributed by atoms with E-state index in [0.717, 1.165) is 24.0 Å². The Hall–Kier alpha value is -4.34. The molecule has 0 radical (unpaired) electrons. The molecule has 0 bridgehead atoms. The molecule has 4 aromatic carbocycles. The Bertz CT molecular complexity index is 1300. The highest BCUT2D eigenvalue weighted by Gasteiger charge is 2.06. The van der Waals surface area contributed by atoms with Crippen molar-refractivity contribution >= 4 is 17.7 Å². The summed E-state index contributed by atoms with van der Waals surface area (Å²) in [6, 6.07) is 41.7. The van der Waals surface area contributed by atoms with Gasteiger partial charge < -0.3 is 0 Å². The summed E-state index contributed by atoms with van der Waals surface area (Å²) in [6.07, 6.45) is 10.4. The zero-order valence-electron chi connectivity index (χ0n) is 19.3. The van der Waals surface area contributed by atoms with E-state index in [2.05, 4.69) is 127 Å². The molecule has 34 heavy (non-hydrogen) atoms. The van der Waals surface area contributed by atoms with Crippen LogP contribution in [0.2, 0.25) is 0 Å². The molecule has 0 aromatic heterocycles. The zero-order chi connectivity index (χ0) is 23.3. The molecule has 0 aliphatic rings. The van der Waals surface area contributed by atoms with Crippen molar-refractivity contribution in [2.24, 2.45) is 0 Å². The summed E-state index contributed by atoms with van der Waals surface area (Å²) in [4.78, 5) is 0. The van der Waals surface area contributed by atoms with Crippen molar-refractivity contribution in [1.82, 2.24) is 0 Å². The predicted octanol–water partition coefficient (Wildman–Crippen LogP) is 8.70. The maximum absolute atomic E-state index is 3.51. The van der Waals surface area contributed by atoms with Gasteiger partial charge in [0.25, 0.3) is 0 Å². The lowest BCUT2D eigenvalue weighted by atomic mass is 9.94. The van der Waals surface area contributed by atoms with Crippen LogP contribution in [-0.2, 0) is 0 Å². The molecular formula is C34H28. The van der Waals surface area contributed by atoms with E-state index in [9.17, 15) is 0 Å². The van der Waals surface area contributed by atoms with Gasteiger partial charge in [0.15, 0.2) is 0 Å². The Kier molecular flexibility index (Phi) is 8.49. The van der Waals surface area contributed by atoms with Gasteiger partial charge in [-0.15, -0.1) is 0 Å². The number of hydrogen-bond donors (Lipinski definition) is 0. The Morgan fingerprint density at radius 3 is 1.56 bits per heavy atom. The third kappa shape index (κ3) is 7.09. The first kappa shape index (κ1) is 22.8. The van der Waals surface area contributed by atoms with E-state index in [1.54, 1.807) is 0 Å². The Labute approximate surface area is 203 Å². The van der Waals surface area contributed by atoms with E-state index < -0.39 is 0 Å². The molecule has 164 valence electrons. The molecule has 0 saturated carbocycles. The number of hydrogen-bond acceptors (Lipinski definition) is 0. The summed E-state index contributed by atoms with van der Waals surface area (Å²) >= 11 is 0. The van der Waals surface area contributed by atoms with Gasteiger partial charge in [0.1, 0.15) is 0 Å². The first-order valence-electron chi connectivity index (χ1n) is 11.7. The minimum absolute atomic E-state index is 0.776. The number of allylic oxidation sites excluding steroid dienone is 4. The van der Waals surface area contributed by atoms with Crippen molar-refractivity contribution in [3.05, 3.63) is 161 Å². The Balaban J connectivity index is 1.71. The van der Waals surface area contributed by atoms with Crippen molar-refractivity contribution in [2.45, 2.75) is 12.8 Å². The molecule has 0 amide bonds. The third-order valence-corrected chi connectivity index (χ3v) is 5.48. The molecule has 0 unspecified atom stereocenters. The SMILES string of the molecule is C(#Cc1ccccc1)/C(C/C=C/c1ccccc1)=C(\C/C=C/c1ccccc1)c1ccccc1. The van der Waals surface area contributed by atoms with Crippen LogP contribution >= 0.6 is 0 Å². The average Bonchev–Trinajstić information content (AvgIpc) is 2.91. The van der Waals surface area contributed by atoms with Crippen molar-refractivity contribution in [1.29, 1.82) is 0 Å². The monoisotopic (exact) mass is 436 g/mol. The number of rotatable bonds is 7. The molecule has 0 atom stereocenters. The number of benzene rings is 4. The van der Waals surface area contributed by atoms with E-state index in [1.165, 1.54) is 22.3 Å². The standard InChI is InChI=1S/C34H28/c1-5-15-29(16-6-1)21-13-25-33(28-27-31-19-9-3-10-20-31)34(32-23-11-4-12-24-32)26-14-22-30-17-7-2-8-18-30/h1-24H,25-26H2/b21-13+,22-14+,34-33+. The van der Waals surface area contributed by atoms with Crippen LogP contribution in [0.3, 0.4) is 0 Å². The van der Waals surface area contributed by atoms with Crippen LogP contribution in [0.25, 0.3) is 17.7 Å². The molecule has 0 heterocycles. The third-order valence-electron chi connectivity index (χ3n) is 5.48. The second-order valence-corrected chi connectivity index (χ2v) is 7.97. The summed E-state index contributed by atoms with van der Waals surface area (Å²) in [5.74, 6) is 6.90. The van der Waals surface area contributed by atoms with Gasteiger partial charge in [0, 0.05) is 11.1 Å². The van der Waals surface area contributed by atoms with Crippen molar-refractivity contribution in [3.63, 3.8) is 0 Å². The molecule has 0 spiro atoms. The molecule has 0 N–H and O–H groups in total. The molecule has 4 aromatic rings. The van der Waals surface area contributed by atoms with Crippen molar-refractivity contribution in [2.75, 3.05) is 0 Å². The Morgan fingerprint density at radius 2 is 1.00 bits per heavy atom. The first-order chi connectivity index (χ1) is 16.9. The maximum atomic E-state index is 3.51. The molecule has 0 aliphatic carbocycles. The van der Waals surface area contributed by atoms with E-state index in [0.29, 0.717) is 0 Å². The molecule has 0 fully saturated rings. The minimum Gasteiger partial charge on any atom is -0.0795 e. The normalized spacial score (nSPS) is 11.8. The zero-order valence-corrected chi connectivity index (χ0v) is 19.3. The van der Waals surface area contributed by atoms with Crippen LogP contribution in [-0.4, -0.2) is 0 Å². The highest BCUT2D eigenvalue weighted by Crippen LogP contribution is 2.26. The lowest BCUT2D eigenvalue weighted by molar-refractivity contribution is 1.27. The summed E-state index contributed by atoms with van der Waals surface area (Å²) in [7, 11) is 0. The van der Waals surface area contributed by atoms with Crippen LogP contribution in [0.1, 0.15) is 35.1 Å². The first-order valence-corrected chi connectivity index (χ1v) is 11.7. The van der Waals surface area contributed by atoms with Gasteiger partial charge >= 0.3 is 0 Å². The summed E-state index contributed by atoms with van der Waals surface area (Å²) in [5, 5.41) is 0. The average molecular weight is 437 g/mol. The lowest BCUT2D eigenvalue weighted by Crippen LogP contribution is -1.91. The smallest absolute Gasteiger partial charge is 0.0248 e. The molecular weight excluding hydrogens is 408 g/mol. The van der Waals surface area contributed by atoms with Gasteiger partial charge in [0.05, 0.1) is 0 Å². The van der Waals surface area contributed by atoms with E-state index >= 15 is 0 Å². The second kappa shape index (κ2) is 12.6. The van der Waals surface area contributed by atoms with Crippen LogP contribution in [0, 0.1) is 11.8 Å². The van der Waals surface area contributed by atoms with Gasteiger partial charge in [-0.3, -0.25) is 0 Å². The lowest BCUT2D eigenvalue weighted by Gasteiger charge is -2.10. The van der Waals surface area contributed by atoms with E-state index in [4.69, 9.17) is 0 Å². The van der Waals surface area contributed by atoms with Crippen LogP contribution < -0.4 is 0 Å². The van der Waals surface area contributed by atoms with Crippen LogP contribution in [0.5, 0.6) is 0 Å². The fourth-order valence-electron chi connectivity index (χ4n) is 3.73. The van der Waals surface area contributed by atoms with Crippen molar-refractivity contribution < 1.29 is 0 Å². The van der Waals surface area contributed by atoms with Gasteiger partial charge in [-0.1, -0.05) is 145 Å². The van der Waals surface area contributed by atoms with Gasteiger partial charge in [-0.05, 0) is 47.2 Å². The predicted molar refractivity (Wildman–Crippen MR) is 147 cm³/mol. The van der Waals surface area contributed by atoms with Gasteiger partial charge in [-0.25, -0.2) is 0 Å². The summed E-state index contributed by atoms with van der Waals surface area (Å²) in [5.41, 5.74) is 7.04. The molecule has 0 nitrogen and oxygen atoms in total. The quantitative estimate of drug-likeness (QED) is 0.254. The maximum Gasteiger partial charge on any atom is 0.0248 e. The summed E-state index contributed by atoms with van der Waals surface area (Å²) < 4.78 is 0. The summed E-state index contributed by atoms with van der Waals surface area (Å²) in [6.45, 7) is 0. The largest absolute Gasteiger partial charge is 0.0795 e. The topological polar surface area (TPSA) is 0 Å². The van der Waals surface area contributed by atoms with Gasteiger partial charge in [0.2, 0.25) is 0 Å². The highest BCUT2D eigenvalue weighted by atomic mass is 14.1. The fourth-order valence-corrected chi connectivity index (χ4v) is 3.73. The molecule has 0 aliphatic heterocycles.